The minimum Gasteiger partial charge on any atom is -0.370 e. The van der Waals surface area contributed by atoms with Crippen LogP contribution in [0.1, 0.15) is 21.5 Å². The molecule has 2 N–H and O–H groups in total. The van der Waals surface area contributed by atoms with Crippen LogP contribution in [0, 0.1) is 10.1 Å². The molecule has 1 amide bonds. The maximum atomic E-state index is 12.5. The van der Waals surface area contributed by atoms with E-state index in [1.165, 1.54) is 23.1 Å². The summed E-state index contributed by atoms with van der Waals surface area (Å²) in [6.45, 7) is 4.57. The van der Waals surface area contributed by atoms with Gasteiger partial charge in [-0.1, -0.05) is 35.9 Å². The first-order chi connectivity index (χ1) is 13.0. The average Bonchev–Trinajstić information content (AvgIpc) is 2.67. The van der Waals surface area contributed by atoms with Gasteiger partial charge in [0.15, 0.2) is 0 Å². The summed E-state index contributed by atoms with van der Waals surface area (Å²) < 4.78 is 5.39. The van der Waals surface area contributed by atoms with Crippen LogP contribution in [-0.4, -0.2) is 37.1 Å². The Morgan fingerprint density at radius 3 is 2.59 bits per heavy atom. The first kappa shape index (κ1) is 19.3. The van der Waals surface area contributed by atoms with Gasteiger partial charge in [-0.2, -0.15) is 0 Å². The number of carbonyl (C=O) groups excluding carboxylic acids is 1. The third kappa shape index (κ3) is 5.03. The molecular formula is C19H21ClN3O4+. The van der Waals surface area contributed by atoms with Crippen molar-refractivity contribution in [1.29, 1.82) is 0 Å². The fourth-order valence-corrected chi connectivity index (χ4v) is 3.30. The van der Waals surface area contributed by atoms with Gasteiger partial charge in [-0.3, -0.25) is 14.9 Å². The molecule has 7 nitrogen and oxygen atoms in total. The number of amides is 1. The van der Waals surface area contributed by atoms with Crippen LogP contribution < -0.4 is 10.2 Å². The molecule has 142 valence electrons. The Kier molecular flexibility index (Phi) is 6.39. The third-order valence-corrected chi connectivity index (χ3v) is 4.83. The van der Waals surface area contributed by atoms with E-state index >= 15 is 0 Å². The van der Waals surface area contributed by atoms with Gasteiger partial charge in [-0.25, -0.2) is 0 Å². The summed E-state index contributed by atoms with van der Waals surface area (Å²) in [5.74, 6) is -0.516. The Hall–Kier alpha value is -2.48. The second-order valence-corrected chi connectivity index (χ2v) is 6.85. The highest BCUT2D eigenvalue weighted by Gasteiger charge is 2.21. The SMILES string of the molecule is O=C(NCc1ccccc1C[NH+]1CCOCC1)c1cc(Cl)ccc1[N+](=O)[O-]. The van der Waals surface area contributed by atoms with Gasteiger partial charge in [-0.15, -0.1) is 0 Å². The molecule has 0 aromatic heterocycles. The van der Waals surface area contributed by atoms with E-state index in [2.05, 4.69) is 5.32 Å². The molecule has 1 fully saturated rings. The van der Waals surface area contributed by atoms with E-state index < -0.39 is 10.8 Å². The van der Waals surface area contributed by atoms with Crippen molar-refractivity contribution in [2.24, 2.45) is 0 Å². The zero-order valence-electron chi connectivity index (χ0n) is 14.7. The zero-order chi connectivity index (χ0) is 19.2. The molecule has 1 heterocycles. The van der Waals surface area contributed by atoms with Gasteiger partial charge in [0.1, 0.15) is 25.2 Å². The largest absolute Gasteiger partial charge is 0.370 e. The van der Waals surface area contributed by atoms with Gasteiger partial charge < -0.3 is 15.0 Å². The minimum atomic E-state index is -0.582. The molecule has 0 aliphatic carbocycles. The maximum Gasteiger partial charge on any atom is 0.282 e. The number of ether oxygens (including phenoxy) is 1. The van der Waals surface area contributed by atoms with Gasteiger partial charge in [-0.05, 0) is 17.7 Å². The van der Waals surface area contributed by atoms with Crippen molar-refractivity contribution in [2.45, 2.75) is 13.1 Å². The van der Waals surface area contributed by atoms with Crippen LogP contribution in [0.4, 0.5) is 5.69 Å². The molecule has 2 aromatic rings. The lowest BCUT2D eigenvalue weighted by atomic mass is 10.1. The molecule has 0 unspecified atom stereocenters. The van der Waals surface area contributed by atoms with Crippen LogP contribution >= 0.6 is 11.6 Å². The Morgan fingerprint density at radius 1 is 1.19 bits per heavy atom. The zero-order valence-corrected chi connectivity index (χ0v) is 15.5. The summed E-state index contributed by atoms with van der Waals surface area (Å²) in [5.41, 5.74) is 1.84. The van der Waals surface area contributed by atoms with Crippen molar-refractivity contribution in [2.75, 3.05) is 26.3 Å². The van der Waals surface area contributed by atoms with Crippen LogP contribution in [0.3, 0.4) is 0 Å². The number of hydrogen-bond acceptors (Lipinski definition) is 4. The molecule has 0 bridgehead atoms. The summed E-state index contributed by atoms with van der Waals surface area (Å²) >= 11 is 5.90. The van der Waals surface area contributed by atoms with Gasteiger partial charge in [0.25, 0.3) is 11.6 Å². The first-order valence-electron chi connectivity index (χ1n) is 8.75. The van der Waals surface area contributed by atoms with Crippen LogP contribution in [-0.2, 0) is 17.8 Å². The topological polar surface area (TPSA) is 85.9 Å². The lowest BCUT2D eigenvalue weighted by Crippen LogP contribution is -3.12. The number of hydrogen-bond donors (Lipinski definition) is 2. The molecule has 0 saturated carbocycles. The number of nitrogens with one attached hydrogen (secondary N) is 2. The molecule has 0 radical (unpaired) electrons. The van der Waals surface area contributed by atoms with E-state index in [1.54, 1.807) is 0 Å². The van der Waals surface area contributed by atoms with Crippen LogP contribution in [0.5, 0.6) is 0 Å². The molecule has 3 rings (SSSR count). The number of quaternary nitrogens is 1. The Morgan fingerprint density at radius 2 is 1.89 bits per heavy atom. The summed E-state index contributed by atoms with van der Waals surface area (Å²) in [7, 11) is 0. The molecule has 1 aliphatic heterocycles. The van der Waals surface area contributed by atoms with Crippen molar-refractivity contribution in [3.63, 3.8) is 0 Å². The van der Waals surface area contributed by atoms with Crippen LogP contribution in [0.2, 0.25) is 5.02 Å². The highest BCUT2D eigenvalue weighted by atomic mass is 35.5. The van der Waals surface area contributed by atoms with Crippen molar-refractivity contribution in [3.05, 3.63) is 74.3 Å². The fourth-order valence-electron chi connectivity index (χ4n) is 3.13. The second kappa shape index (κ2) is 8.94. The maximum absolute atomic E-state index is 12.5. The smallest absolute Gasteiger partial charge is 0.282 e. The van der Waals surface area contributed by atoms with Crippen molar-refractivity contribution in [1.82, 2.24) is 5.32 Å². The van der Waals surface area contributed by atoms with Crippen molar-refractivity contribution < 1.29 is 19.4 Å². The highest BCUT2D eigenvalue weighted by molar-refractivity contribution is 6.31. The molecule has 27 heavy (non-hydrogen) atoms. The fraction of sp³-hybridized carbons (Fsp3) is 0.316. The van der Waals surface area contributed by atoms with Crippen LogP contribution in [0.15, 0.2) is 42.5 Å². The van der Waals surface area contributed by atoms with Gasteiger partial charge in [0.2, 0.25) is 0 Å². The highest BCUT2D eigenvalue weighted by Crippen LogP contribution is 2.22. The van der Waals surface area contributed by atoms with Gasteiger partial charge >= 0.3 is 0 Å². The predicted octanol–water partition coefficient (Wildman–Crippen LogP) is 1.59. The van der Waals surface area contributed by atoms with E-state index in [0.29, 0.717) is 6.54 Å². The normalized spacial score (nSPS) is 14.7. The molecule has 1 aliphatic rings. The molecule has 0 spiro atoms. The van der Waals surface area contributed by atoms with Gasteiger partial charge in [0.05, 0.1) is 18.1 Å². The number of nitrogens with zero attached hydrogens (tertiary/aromatic N) is 1. The third-order valence-electron chi connectivity index (χ3n) is 4.60. The Labute approximate surface area is 162 Å². The van der Waals surface area contributed by atoms with Crippen molar-refractivity contribution >= 4 is 23.2 Å². The van der Waals surface area contributed by atoms with Crippen LogP contribution in [0.25, 0.3) is 0 Å². The summed E-state index contributed by atoms with van der Waals surface area (Å²) in [6.07, 6.45) is 0. The average molecular weight is 391 g/mol. The standard InChI is InChI=1S/C19H20ClN3O4/c20-16-5-6-18(23(25)26)17(11-16)19(24)21-12-14-3-1-2-4-15(14)13-22-7-9-27-10-8-22/h1-6,11H,7-10,12-13H2,(H,21,24)/p+1. The molecule has 8 heteroatoms. The number of benzene rings is 2. The molecule has 2 aromatic carbocycles. The summed E-state index contributed by atoms with van der Waals surface area (Å²) in [6, 6.07) is 11.9. The monoisotopic (exact) mass is 390 g/mol. The van der Waals surface area contributed by atoms with E-state index in [-0.39, 0.29) is 16.3 Å². The van der Waals surface area contributed by atoms with E-state index in [9.17, 15) is 14.9 Å². The van der Waals surface area contributed by atoms with Gasteiger partial charge in [0, 0.05) is 23.2 Å². The Bertz CT molecular complexity index is 837. The first-order valence-corrected chi connectivity index (χ1v) is 9.12. The number of rotatable bonds is 6. The molecule has 1 saturated heterocycles. The lowest BCUT2D eigenvalue weighted by molar-refractivity contribution is -0.921. The number of morpholine rings is 1. The summed E-state index contributed by atoms with van der Waals surface area (Å²) in [4.78, 5) is 24.5. The minimum absolute atomic E-state index is 0.0382. The molecular weight excluding hydrogens is 370 g/mol. The van der Waals surface area contributed by atoms with E-state index in [4.69, 9.17) is 16.3 Å². The Balaban J connectivity index is 1.71. The van der Waals surface area contributed by atoms with E-state index in [0.717, 1.165) is 44.0 Å². The number of nitro benzene ring substituents is 1. The number of halogens is 1. The van der Waals surface area contributed by atoms with E-state index in [1.807, 2.05) is 24.3 Å². The lowest BCUT2D eigenvalue weighted by Gasteiger charge is -2.24. The number of carbonyl (C=O) groups is 1. The van der Waals surface area contributed by atoms with Crippen molar-refractivity contribution in [3.8, 4) is 0 Å². The second-order valence-electron chi connectivity index (χ2n) is 6.41. The summed E-state index contributed by atoms with van der Waals surface area (Å²) in [5, 5.41) is 14.2. The number of nitro groups is 1. The molecule has 0 atom stereocenters. The quantitative estimate of drug-likeness (QED) is 0.579. The predicted molar refractivity (Wildman–Crippen MR) is 101 cm³/mol.